The summed E-state index contributed by atoms with van der Waals surface area (Å²) < 4.78 is 5.78. The second-order valence-electron chi connectivity index (χ2n) is 6.26. The Morgan fingerprint density at radius 3 is 2.67 bits per heavy atom. The lowest BCUT2D eigenvalue weighted by atomic mass is 10.1. The number of nitrogen functional groups attached to an aromatic ring is 1. The summed E-state index contributed by atoms with van der Waals surface area (Å²) in [6.07, 6.45) is 0.992. The molecule has 2 rings (SSSR count). The van der Waals surface area contributed by atoms with Crippen molar-refractivity contribution in [2.24, 2.45) is 5.92 Å². The van der Waals surface area contributed by atoms with Gasteiger partial charge in [-0.2, -0.15) is 0 Å². The zero-order valence-corrected chi connectivity index (χ0v) is 14.6. The summed E-state index contributed by atoms with van der Waals surface area (Å²) in [5.74, 6) is 1.22. The van der Waals surface area contributed by atoms with E-state index in [4.69, 9.17) is 10.5 Å². The molecule has 2 N–H and O–H groups in total. The van der Waals surface area contributed by atoms with Crippen molar-refractivity contribution in [3.63, 3.8) is 0 Å². The second kappa shape index (κ2) is 7.77. The van der Waals surface area contributed by atoms with E-state index in [1.807, 2.05) is 24.3 Å². The fourth-order valence-corrected chi connectivity index (χ4v) is 2.11. The third-order valence-corrected chi connectivity index (χ3v) is 3.46. The molecule has 0 atom stereocenters. The number of aromatic nitrogens is 2. The van der Waals surface area contributed by atoms with Gasteiger partial charge in [0, 0.05) is 19.7 Å². The average molecular weight is 328 g/mol. The van der Waals surface area contributed by atoms with Crippen LogP contribution in [-0.2, 0) is 0 Å². The van der Waals surface area contributed by atoms with E-state index in [1.165, 1.54) is 4.90 Å². The van der Waals surface area contributed by atoms with Crippen molar-refractivity contribution in [1.29, 1.82) is 0 Å². The van der Waals surface area contributed by atoms with Crippen molar-refractivity contribution in [1.82, 2.24) is 14.9 Å². The van der Waals surface area contributed by atoms with Crippen molar-refractivity contribution in [2.45, 2.75) is 20.3 Å². The zero-order valence-electron chi connectivity index (χ0n) is 14.6. The molecule has 0 aliphatic carbocycles. The SMILES string of the molecule is CC(C)CCOc1cccc(-c2cc(C(=O)N(C)C)nc(N)n2)c1. The molecule has 1 amide bonds. The lowest BCUT2D eigenvalue weighted by Gasteiger charge is -2.12. The van der Waals surface area contributed by atoms with Crippen LogP contribution in [0.3, 0.4) is 0 Å². The summed E-state index contributed by atoms with van der Waals surface area (Å²) in [5, 5.41) is 0. The highest BCUT2D eigenvalue weighted by Crippen LogP contribution is 2.24. The van der Waals surface area contributed by atoms with E-state index < -0.39 is 0 Å². The van der Waals surface area contributed by atoms with Gasteiger partial charge >= 0.3 is 0 Å². The van der Waals surface area contributed by atoms with Crippen LogP contribution in [0.4, 0.5) is 5.95 Å². The maximum absolute atomic E-state index is 12.1. The molecule has 6 heteroatoms. The number of rotatable bonds is 6. The van der Waals surface area contributed by atoms with Crippen LogP contribution in [0.1, 0.15) is 30.8 Å². The van der Waals surface area contributed by atoms with Crippen molar-refractivity contribution in [2.75, 3.05) is 26.4 Å². The Labute approximate surface area is 142 Å². The van der Waals surface area contributed by atoms with Crippen molar-refractivity contribution in [3.8, 4) is 17.0 Å². The molecule has 1 heterocycles. The Balaban J connectivity index is 2.26. The standard InChI is InChI=1S/C18H24N4O2/c1-12(2)8-9-24-14-7-5-6-13(10-14)15-11-16(17(23)22(3)4)21-18(19)20-15/h5-7,10-12H,8-9H2,1-4H3,(H2,19,20,21). The first-order valence-electron chi connectivity index (χ1n) is 7.96. The summed E-state index contributed by atoms with van der Waals surface area (Å²) in [6.45, 7) is 4.98. The number of carbonyl (C=O) groups is 1. The molecule has 0 saturated carbocycles. The molecule has 1 aromatic heterocycles. The Morgan fingerprint density at radius 1 is 1.25 bits per heavy atom. The highest BCUT2D eigenvalue weighted by molar-refractivity contribution is 5.93. The molecular weight excluding hydrogens is 304 g/mol. The number of hydrogen-bond donors (Lipinski definition) is 1. The summed E-state index contributed by atoms with van der Waals surface area (Å²) in [6, 6.07) is 9.24. The Bertz CT molecular complexity index is 714. The van der Waals surface area contributed by atoms with Gasteiger partial charge < -0.3 is 15.4 Å². The largest absolute Gasteiger partial charge is 0.494 e. The highest BCUT2D eigenvalue weighted by Gasteiger charge is 2.14. The highest BCUT2D eigenvalue weighted by atomic mass is 16.5. The fraction of sp³-hybridized carbons (Fsp3) is 0.389. The number of amides is 1. The van der Waals surface area contributed by atoms with E-state index >= 15 is 0 Å². The molecule has 0 aliphatic rings. The predicted molar refractivity (Wildman–Crippen MR) is 94.8 cm³/mol. The molecule has 128 valence electrons. The predicted octanol–water partition coefficient (Wildman–Crippen LogP) is 2.85. The molecular formula is C18H24N4O2. The summed E-state index contributed by atoms with van der Waals surface area (Å²) in [5.41, 5.74) is 7.47. The average Bonchev–Trinajstić information content (AvgIpc) is 2.53. The Kier molecular flexibility index (Phi) is 5.73. The number of carbonyl (C=O) groups excluding carboxylic acids is 1. The maximum Gasteiger partial charge on any atom is 0.272 e. The first kappa shape index (κ1) is 17.7. The second-order valence-corrected chi connectivity index (χ2v) is 6.26. The molecule has 0 spiro atoms. The molecule has 0 bridgehead atoms. The number of anilines is 1. The number of hydrogen-bond acceptors (Lipinski definition) is 5. The third kappa shape index (κ3) is 4.68. The van der Waals surface area contributed by atoms with Crippen LogP contribution in [0.5, 0.6) is 5.75 Å². The smallest absolute Gasteiger partial charge is 0.272 e. The van der Waals surface area contributed by atoms with Crippen molar-refractivity contribution >= 4 is 11.9 Å². The van der Waals surface area contributed by atoms with Crippen LogP contribution in [0.25, 0.3) is 11.3 Å². The van der Waals surface area contributed by atoms with Crippen LogP contribution < -0.4 is 10.5 Å². The Morgan fingerprint density at radius 2 is 2.00 bits per heavy atom. The van der Waals surface area contributed by atoms with E-state index in [0.717, 1.165) is 17.7 Å². The van der Waals surface area contributed by atoms with Crippen LogP contribution >= 0.6 is 0 Å². The first-order chi connectivity index (χ1) is 11.4. The fourth-order valence-electron chi connectivity index (χ4n) is 2.11. The minimum Gasteiger partial charge on any atom is -0.494 e. The molecule has 0 unspecified atom stereocenters. The van der Waals surface area contributed by atoms with Gasteiger partial charge in [-0.1, -0.05) is 26.0 Å². The van der Waals surface area contributed by atoms with Crippen molar-refractivity contribution < 1.29 is 9.53 Å². The molecule has 24 heavy (non-hydrogen) atoms. The third-order valence-electron chi connectivity index (χ3n) is 3.46. The summed E-state index contributed by atoms with van der Waals surface area (Å²) in [7, 11) is 3.34. The topological polar surface area (TPSA) is 81.3 Å². The zero-order chi connectivity index (χ0) is 17.7. The quantitative estimate of drug-likeness (QED) is 0.882. The van der Waals surface area contributed by atoms with E-state index in [2.05, 4.69) is 23.8 Å². The van der Waals surface area contributed by atoms with Gasteiger partial charge in [0.2, 0.25) is 5.95 Å². The van der Waals surface area contributed by atoms with Gasteiger partial charge in [0.05, 0.1) is 12.3 Å². The molecule has 0 radical (unpaired) electrons. The normalized spacial score (nSPS) is 10.7. The van der Waals surface area contributed by atoms with E-state index in [0.29, 0.717) is 18.2 Å². The Hall–Kier alpha value is -2.63. The monoisotopic (exact) mass is 328 g/mol. The number of benzene rings is 1. The van der Waals surface area contributed by atoms with Gasteiger partial charge in [0.15, 0.2) is 0 Å². The molecule has 2 aromatic rings. The van der Waals surface area contributed by atoms with Crippen LogP contribution in [0.2, 0.25) is 0 Å². The minimum absolute atomic E-state index is 0.0730. The number of ether oxygens (including phenoxy) is 1. The van der Waals surface area contributed by atoms with Gasteiger partial charge in [0.25, 0.3) is 5.91 Å². The van der Waals surface area contributed by atoms with Gasteiger partial charge in [-0.15, -0.1) is 0 Å². The summed E-state index contributed by atoms with van der Waals surface area (Å²) >= 11 is 0. The van der Waals surface area contributed by atoms with Crippen LogP contribution in [-0.4, -0.2) is 41.5 Å². The molecule has 6 nitrogen and oxygen atoms in total. The van der Waals surface area contributed by atoms with Gasteiger partial charge in [-0.25, -0.2) is 9.97 Å². The number of nitrogens with two attached hydrogens (primary N) is 1. The lowest BCUT2D eigenvalue weighted by Crippen LogP contribution is -2.23. The molecule has 1 aromatic carbocycles. The maximum atomic E-state index is 12.1. The van der Waals surface area contributed by atoms with Gasteiger partial charge in [-0.3, -0.25) is 4.79 Å². The van der Waals surface area contributed by atoms with Gasteiger partial charge in [-0.05, 0) is 30.5 Å². The minimum atomic E-state index is -0.213. The van der Waals surface area contributed by atoms with E-state index in [9.17, 15) is 4.79 Å². The molecule has 0 fully saturated rings. The molecule has 0 aliphatic heterocycles. The molecule has 0 saturated heterocycles. The van der Waals surface area contributed by atoms with E-state index in [-0.39, 0.29) is 17.5 Å². The first-order valence-corrected chi connectivity index (χ1v) is 7.96. The van der Waals surface area contributed by atoms with Crippen LogP contribution in [0, 0.1) is 5.92 Å². The van der Waals surface area contributed by atoms with E-state index in [1.54, 1.807) is 20.2 Å². The van der Waals surface area contributed by atoms with Crippen molar-refractivity contribution in [3.05, 3.63) is 36.0 Å². The summed E-state index contributed by atoms with van der Waals surface area (Å²) in [4.78, 5) is 21.8. The lowest BCUT2D eigenvalue weighted by molar-refractivity contribution is 0.0822. The van der Waals surface area contributed by atoms with Crippen LogP contribution in [0.15, 0.2) is 30.3 Å². The van der Waals surface area contributed by atoms with Gasteiger partial charge in [0.1, 0.15) is 11.4 Å². The number of nitrogens with zero attached hydrogens (tertiary/aromatic N) is 3.